The largest absolute Gasteiger partial charge is 0.497 e. The molecule has 1 aliphatic carbocycles. The number of amides is 2. The fraction of sp³-hybridized carbons (Fsp3) is 0.652. The van der Waals surface area contributed by atoms with Gasteiger partial charge in [0.05, 0.1) is 24.6 Å². The molecule has 0 aromatic heterocycles. The Bertz CT molecular complexity index is 966. The lowest BCUT2D eigenvalue weighted by molar-refractivity contribution is -0.135. The van der Waals surface area contributed by atoms with E-state index in [0.717, 1.165) is 39.0 Å². The van der Waals surface area contributed by atoms with E-state index in [1.54, 1.807) is 29.2 Å². The van der Waals surface area contributed by atoms with Gasteiger partial charge < -0.3 is 15.0 Å². The summed E-state index contributed by atoms with van der Waals surface area (Å²) in [5, 5.41) is 3.06. The Balaban J connectivity index is 1.21. The summed E-state index contributed by atoms with van der Waals surface area (Å²) in [6.07, 6.45) is 2.16. The molecule has 3 aliphatic rings. The maximum atomic E-state index is 12.9. The molecule has 1 aromatic carbocycles. The quantitative estimate of drug-likeness (QED) is 0.536. The zero-order chi connectivity index (χ0) is 24.3. The fourth-order valence-corrected chi connectivity index (χ4v) is 5.81. The van der Waals surface area contributed by atoms with Crippen molar-refractivity contribution in [2.45, 2.75) is 36.7 Å². The van der Waals surface area contributed by atoms with Gasteiger partial charge in [-0.1, -0.05) is 0 Å². The van der Waals surface area contributed by atoms with Crippen LogP contribution in [0.1, 0.15) is 19.8 Å². The number of carbonyl (C=O) groups excluding carboxylic acids is 2. The fourth-order valence-electron chi connectivity index (χ4n) is 4.39. The van der Waals surface area contributed by atoms with Crippen molar-refractivity contribution in [2.24, 2.45) is 0 Å². The average Bonchev–Trinajstić information content (AvgIpc) is 3.68. The van der Waals surface area contributed by atoms with Gasteiger partial charge in [0.25, 0.3) is 0 Å². The molecule has 2 amide bonds. The number of rotatable bonds is 8. The van der Waals surface area contributed by atoms with Crippen molar-refractivity contribution in [1.82, 2.24) is 24.3 Å². The third-order valence-electron chi connectivity index (χ3n) is 6.91. The molecule has 1 N–H and O–H groups in total. The van der Waals surface area contributed by atoms with E-state index >= 15 is 0 Å². The van der Waals surface area contributed by atoms with Crippen LogP contribution in [0.4, 0.5) is 0 Å². The smallest absolute Gasteiger partial charge is 0.243 e. The maximum Gasteiger partial charge on any atom is 0.243 e. The van der Waals surface area contributed by atoms with Crippen molar-refractivity contribution >= 4 is 21.8 Å². The highest BCUT2D eigenvalue weighted by molar-refractivity contribution is 7.89. The predicted octanol–water partition coefficient (Wildman–Crippen LogP) is -0.187. The van der Waals surface area contributed by atoms with Gasteiger partial charge in [0.1, 0.15) is 5.75 Å². The number of hydrogen-bond donors (Lipinski definition) is 1. The second-order valence-corrected chi connectivity index (χ2v) is 11.2. The van der Waals surface area contributed by atoms with E-state index in [-0.39, 0.29) is 35.8 Å². The van der Waals surface area contributed by atoms with Crippen LogP contribution in [0.2, 0.25) is 0 Å². The standard InChI is InChI=1S/C23H35N5O5S/c1-18(23(30)24-19-3-4-19)26-11-9-25(10-12-26)17-22(29)27-13-15-28(16-14-27)34(31,32)21-7-5-20(33-2)6-8-21/h5-8,18-19H,3-4,9-17H2,1-2H3,(H,24,30). The van der Waals surface area contributed by atoms with Crippen molar-refractivity contribution in [3.05, 3.63) is 24.3 Å². The van der Waals surface area contributed by atoms with Crippen LogP contribution in [0, 0.1) is 0 Å². The topological polar surface area (TPSA) is 102 Å². The Morgan fingerprint density at radius 2 is 1.62 bits per heavy atom. The first-order chi connectivity index (χ1) is 16.3. The Kier molecular flexibility index (Phi) is 7.76. The molecule has 1 unspecified atom stereocenters. The summed E-state index contributed by atoms with van der Waals surface area (Å²) in [4.78, 5) is 31.4. The van der Waals surface area contributed by atoms with Crippen LogP contribution in [0.5, 0.6) is 5.75 Å². The van der Waals surface area contributed by atoms with Crippen molar-refractivity contribution in [3.63, 3.8) is 0 Å². The number of sulfonamides is 1. The molecule has 1 atom stereocenters. The lowest BCUT2D eigenvalue weighted by Crippen LogP contribution is -2.56. The lowest BCUT2D eigenvalue weighted by Gasteiger charge is -2.39. The Morgan fingerprint density at radius 3 is 2.18 bits per heavy atom. The summed E-state index contributed by atoms with van der Waals surface area (Å²) in [6, 6.07) is 6.56. The second-order valence-electron chi connectivity index (χ2n) is 9.23. The Hall–Kier alpha value is -2.21. The summed E-state index contributed by atoms with van der Waals surface area (Å²) in [5.74, 6) is 0.718. The molecule has 4 rings (SSSR count). The minimum absolute atomic E-state index is 0.0227. The van der Waals surface area contributed by atoms with Gasteiger partial charge in [-0.15, -0.1) is 0 Å². The van der Waals surface area contributed by atoms with Gasteiger partial charge in [0, 0.05) is 58.4 Å². The highest BCUT2D eigenvalue weighted by Gasteiger charge is 2.33. The molecular formula is C23H35N5O5S. The van der Waals surface area contributed by atoms with E-state index in [1.807, 2.05) is 6.92 Å². The van der Waals surface area contributed by atoms with Crippen LogP contribution in [-0.4, -0.2) is 117 Å². The minimum Gasteiger partial charge on any atom is -0.497 e. The number of ether oxygens (including phenoxy) is 1. The highest BCUT2D eigenvalue weighted by Crippen LogP contribution is 2.21. The van der Waals surface area contributed by atoms with Crippen molar-refractivity contribution in [2.75, 3.05) is 66.0 Å². The number of benzene rings is 1. The number of carbonyl (C=O) groups is 2. The summed E-state index contributed by atoms with van der Waals surface area (Å²) in [6.45, 7) is 6.56. The summed E-state index contributed by atoms with van der Waals surface area (Å²) in [5.41, 5.74) is 0. The molecule has 1 aromatic rings. The summed E-state index contributed by atoms with van der Waals surface area (Å²) in [7, 11) is -2.06. The molecule has 2 aliphatic heterocycles. The molecular weight excluding hydrogens is 458 g/mol. The zero-order valence-corrected chi connectivity index (χ0v) is 20.8. The van der Waals surface area contributed by atoms with E-state index in [2.05, 4.69) is 15.1 Å². The van der Waals surface area contributed by atoms with Gasteiger partial charge in [-0.2, -0.15) is 4.31 Å². The molecule has 3 fully saturated rings. The number of piperazine rings is 2. The van der Waals surface area contributed by atoms with Crippen LogP contribution < -0.4 is 10.1 Å². The average molecular weight is 494 g/mol. The summed E-state index contributed by atoms with van der Waals surface area (Å²) >= 11 is 0. The Morgan fingerprint density at radius 1 is 1.00 bits per heavy atom. The number of nitrogens with zero attached hydrogens (tertiary/aromatic N) is 4. The molecule has 34 heavy (non-hydrogen) atoms. The first-order valence-corrected chi connectivity index (χ1v) is 13.4. The molecule has 188 valence electrons. The van der Waals surface area contributed by atoms with Gasteiger partial charge in [-0.3, -0.25) is 19.4 Å². The number of methoxy groups -OCH3 is 1. The van der Waals surface area contributed by atoms with Crippen molar-refractivity contribution in [1.29, 1.82) is 0 Å². The van der Waals surface area contributed by atoms with Crippen molar-refractivity contribution in [3.8, 4) is 5.75 Å². The molecule has 11 heteroatoms. The molecule has 2 heterocycles. The van der Waals surface area contributed by atoms with E-state index < -0.39 is 10.0 Å². The van der Waals surface area contributed by atoms with E-state index in [0.29, 0.717) is 31.4 Å². The number of hydrogen-bond acceptors (Lipinski definition) is 7. The van der Waals surface area contributed by atoms with Gasteiger partial charge in [-0.05, 0) is 44.0 Å². The molecule has 0 spiro atoms. The first-order valence-electron chi connectivity index (χ1n) is 12.0. The van der Waals surface area contributed by atoms with Crippen LogP contribution >= 0.6 is 0 Å². The van der Waals surface area contributed by atoms with Crippen LogP contribution in [0.15, 0.2) is 29.2 Å². The predicted molar refractivity (Wildman–Crippen MR) is 127 cm³/mol. The highest BCUT2D eigenvalue weighted by atomic mass is 32.2. The molecule has 0 bridgehead atoms. The zero-order valence-electron chi connectivity index (χ0n) is 20.0. The molecule has 1 saturated carbocycles. The van der Waals surface area contributed by atoms with Crippen LogP contribution in [-0.2, 0) is 19.6 Å². The van der Waals surface area contributed by atoms with E-state index in [4.69, 9.17) is 4.74 Å². The second kappa shape index (κ2) is 10.6. The normalized spacial score (nSPS) is 21.8. The van der Waals surface area contributed by atoms with Gasteiger partial charge in [0.15, 0.2) is 0 Å². The minimum atomic E-state index is -3.60. The molecule has 0 radical (unpaired) electrons. The SMILES string of the molecule is COc1ccc(S(=O)(=O)N2CCN(C(=O)CN3CCN(C(C)C(=O)NC4CC4)CC3)CC2)cc1. The molecule has 2 saturated heterocycles. The van der Waals surface area contributed by atoms with Crippen molar-refractivity contribution < 1.29 is 22.7 Å². The van der Waals surface area contributed by atoms with Gasteiger partial charge in [0.2, 0.25) is 21.8 Å². The monoisotopic (exact) mass is 493 g/mol. The van der Waals surface area contributed by atoms with Gasteiger partial charge >= 0.3 is 0 Å². The molecule has 10 nitrogen and oxygen atoms in total. The first kappa shape index (κ1) is 24.9. The Labute approximate surface area is 201 Å². The maximum absolute atomic E-state index is 12.9. The third-order valence-corrected chi connectivity index (χ3v) is 8.82. The van der Waals surface area contributed by atoms with Gasteiger partial charge in [-0.25, -0.2) is 8.42 Å². The van der Waals surface area contributed by atoms with E-state index in [9.17, 15) is 18.0 Å². The third kappa shape index (κ3) is 5.88. The van der Waals surface area contributed by atoms with Crippen LogP contribution in [0.25, 0.3) is 0 Å². The van der Waals surface area contributed by atoms with Crippen LogP contribution in [0.3, 0.4) is 0 Å². The summed E-state index contributed by atoms with van der Waals surface area (Å²) < 4.78 is 32.4. The van der Waals surface area contributed by atoms with E-state index in [1.165, 1.54) is 11.4 Å². The lowest BCUT2D eigenvalue weighted by atomic mass is 10.2. The number of nitrogens with one attached hydrogen (secondary N) is 1.